The largest absolute Gasteiger partial charge is 0.462 e. The summed E-state index contributed by atoms with van der Waals surface area (Å²) in [5, 5.41) is 0. The van der Waals surface area contributed by atoms with Gasteiger partial charge in [-0.1, -0.05) is 48.5 Å². The normalized spacial score (nSPS) is 60.6. The molecule has 0 amide bonds. The Kier molecular flexibility index (Phi) is 4.69. The van der Waals surface area contributed by atoms with Crippen LogP contribution in [0.1, 0.15) is 107 Å². The lowest BCUT2D eigenvalue weighted by molar-refractivity contribution is -0.278. The molecular formula is C32H48O5. The molecule has 5 nitrogen and oxygen atoms in total. The van der Waals surface area contributed by atoms with Gasteiger partial charge >= 0.3 is 11.9 Å². The molecule has 2 aliphatic heterocycles. The van der Waals surface area contributed by atoms with Gasteiger partial charge in [0.05, 0.1) is 11.5 Å². The van der Waals surface area contributed by atoms with E-state index < -0.39 is 5.60 Å². The molecule has 0 N–H and O–H groups in total. The van der Waals surface area contributed by atoms with Crippen molar-refractivity contribution in [3.05, 3.63) is 0 Å². The van der Waals surface area contributed by atoms with Crippen molar-refractivity contribution in [2.45, 2.75) is 131 Å². The molecule has 2 saturated heterocycles. The lowest BCUT2D eigenvalue weighted by Crippen LogP contribution is -2.75. The Morgan fingerprint density at radius 3 is 2.35 bits per heavy atom. The molecular weight excluding hydrogens is 464 g/mol. The van der Waals surface area contributed by atoms with Crippen LogP contribution in [0.3, 0.4) is 0 Å². The molecule has 37 heavy (non-hydrogen) atoms. The molecule has 7 aliphatic rings. The fourth-order valence-corrected chi connectivity index (χ4v) is 12.8. The molecule has 0 aromatic heterocycles. The van der Waals surface area contributed by atoms with Gasteiger partial charge in [-0.2, -0.15) is 0 Å². The standard InChI is InChI=1S/C32H48O5/c1-17-9-14-31-16-15-30(8)29(7)13-10-20-27(4,5)21(35-19(3)33)11-12-28(20,6)24(29)22-25(36-22)32(30,37-26(31)34)23(31)18(17)2/h17-18,20-25H,9-16H2,1-8H3. The minimum atomic E-state index is -0.486. The smallest absolute Gasteiger partial charge is 0.313 e. The quantitative estimate of drug-likeness (QED) is 0.304. The third kappa shape index (κ3) is 2.50. The second-order valence-electron chi connectivity index (χ2n) is 16.0. The summed E-state index contributed by atoms with van der Waals surface area (Å²) in [6.45, 7) is 18.6. The molecule has 13 unspecified atom stereocenters. The zero-order valence-corrected chi connectivity index (χ0v) is 24.3. The van der Waals surface area contributed by atoms with E-state index in [4.69, 9.17) is 14.2 Å². The van der Waals surface area contributed by atoms with Gasteiger partial charge in [0.1, 0.15) is 12.2 Å². The van der Waals surface area contributed by atoms with Gasteiger partial charge in [-0.15, -0.1) is 0 Å². The Morgan fingerprint density at radius 2 is 1.65 bits per heavy atom. The molecule has 2 bridgehead atoms. The van der Waals surface area contributed by atoms with Gasteiger partial charge in [-0.05, 0) is 85.9 Å². The Balaban J connectivity index is 1.34. The fourth-order valence-electron chi connectivity index (χ4n) is 12.8. The Labute approximate surface area is 223 Å². The molecule has 5 aliphatic carbocycles. The summed E-state index contributed by atoms with van der Waals surface area (Å²) in [5.74, 6) is 2.18. The average molecular weight is 513 g/mol. The molecule has 1 spiro atoms. The summed E-state index contributed by atoms with van der Waals surface area (Å²) >= 11 is 0. The summed E-state index contributed by atoms with van der Waals surface area (Å²) in [6, 6.07) is 0. The van der Waals surface area contributed by atoms with Crippen LogP contribution in [0.25, 0.3) is 0 Å². The SMILES string of the molecule is CC(=O)OC1CCC2(C)C(CCC3(C)C2C2OC2C24OC(=O)C5(CCC(C)C(C)C52)CCC34C)C1(C)C. The van der Waals surface area contributed by atoms with Gasteiger partial charge in [0, 0.05) is 23.7 Å². The maximum absolute atomic E-state index is 13.9. The first kappa shape index (κ1) is 24.9. The Morgan fingerprint density at radius 1 is 0.919 bits per heavy atom. The van der Waals surface area contributed by atoms with Crippen LogP contribution < -0.4 is 0 Å². The van der Waals surface area contributed by atoms with E-state index in [1.165, 1.54) is 0 Å². The van der Waals surface area contributed by atoms with Crippen LogP contribution >= 0.6 is 0 Å². The predicted molar refractivity (Wildman–Crippen MR) is 139 cm³/mol. The van der Waals surface area contributed by atoms with E-state index in [0.717, 1.165) is 51.4 Å². The van der Waals surface area contributed by atoms with Crippen LogP contribution in [0.5, 0.6) is 0 Å². The number of hydrogen-bond acceptors (Lipinski definition) is 5. The summed E-state index contributed by atoms with van der Waals surface area (Å²) < 4.78 is 19.6. The molecule has 2 heterocycles. The van der Waals surface area contributed by atoms with Gasteiger partial charge < -0.3 is 14.2 Å². The summed E-state index contributed by atoms with van der Waals surface area (Å²) in [5.41, 5.74) is -0.804. The molecule has 0 aromatic carbocycles. The van der Waals surface area contributed by atoms with Crippen molar-refractivity contribution in [1.82, 2.24) is 0 Å². The fraction of sp³-hybridized carbons (Fsp3) is 0.938. The van der Waals surface area contributed by atoms with E-state index in [9.17, 15) is 9.59 Å². The van der Waals surface area contributed by atoms with E-state index in [-0.39, 0.29) is 63.2 Å². The molecule has 5 heteroatoms. The minimum absolute atomic E-state index is 0.0236. The van der Waals surface area contributed by atoms with Crippen LogP contribution in [-0.2, 0) is 23.8 Å². The number of ether oxygens (including phenoxy) is 3. The third-order valence-corrected chi connectivity index (χ3v) is 14.8. The lowest BCUT2D eigenvalue weighted by atomic mass is 9.30. The van der Waals surface area contributed by atoms with E-state index in [1.807, 2.05) is 0 Å². The second-order valence-corrected chi connectivity index (χ2v) is 16.0. The zero-order valence-electron chi connectivity index (χ0n) is 24.3. The predicted octanol–water partition coefficient (Wildman–Crippen LogP) is 6.32. The maximum atomic E-state index is 13.9. The average Bonchev–Trinajstić information content (AvgIpc) is 3.56. The monoisotopic (exact) mass is 512 g/mol. The van der Waals surface area contributed by atoms with Crippen LogP contribution in [0.4, 0.5) is 0 Å². The number of esters is 2. The van der Waals surface area contributed by atoms with Crippen molar-refractivity contribution in [2.24, 2.45) is 56.7 Å². The van der Waals surface area contributed by atoms with E-state index in [0.29, 0.717) is 23.7 Å². The first-order chi connectivity index (χ1) is 17.2. The molecule has 206 valence electrons. The maximum Gasteiger partial charge on any atom is 0.313 e. The number of rotatable bonds is 1. The summed E-state index contributed by atoms with van der Waals surface area (Å²) in [4.78, 5) is 25.8. The highest BCUT2D eigenvalue weighted by atomic mass is 16.6. The molecule has 7 rings (SSSR count). The number of fused-ring (bicyclic) bond motifs is 6. The Bertz CT molecular complexity index is 1070. The number of hydrogen-bond donors (Lipinski definition) is 0. The van der Waals surface area contributed by atoms with Crippen LogP contribution in [0.15, 0.2) is 0 Å². The molecule has 7 fully saturated rings. The lowest BCUT2D eigenvalue weighted by Gasteiger charge is -2.72. The van der Waals surface area contributed by atoms with E-state index in [2.05, 4.69) is 48.5 Å². The Hall–Kier alpha value is -1.10. The summed E-state index contributed by atoms with van der Waals surface area (Å²) in [7, 11) is 0. The van der Waals surface area contributed by atoms with Crippen molar-refractivity contribution < 1.29 is 23.8 Å². The van der Waals surface area contributed by atoms with Crippen molar-refractivity contribution in [2.75, 3.05) is 0 Å². The van der Waals surface area contributed by atoms with Gasteiger partial charge in [-0.25, -0.2) is 0 Å². The highest BCUT2D eigenvalue weighted by molar-refractivity contribution is 5.82. The first-order valence-corrected chi connectivity index (χ1v) is 15.3. The topological polar surface area (TPSA) is 65.1 Å². The van der Waals surface area contributed by atoms with Crippen molar-refractivity contribution in [1.29, 1.82) is 0 Å². The van der Waals surface area contributed by atoms with Crippen molar-refractivity contribution in [3.8, 4) is 0 Å². The van der Waals surface area contributed by atoms with Gasteiger partial charge in [0.15, 0.2) is 5.60 Å². The number of epoxide rings is 1. The van der Waals surface area contributed by atoms with Gasteiger partial charge in [0.2, 0.25) is 0 Å². The molecule has 5 saturated carbocycles. The van der Waals surface area contributed by atoms with E-state index in [1.54, 1.807) is 6.92 Å². The number of carbonyl (C=O) groups is 2. The first-order valence-electron chi connectivity index (χ1n) is 15.3. The van der Waals surface area contributed by atoms with Gasteiger partial charge in [-0.3, -0.25) is 9.59 Å². The van der Waals surface area contributed by atoms with Crippen LogP contribution in [0.2, 0.25) is 0 Å². The van der Waals surface area contributed by atoms with Crippen molar-refractivity contribution >= 4 is 11.9 Å². The highest BCUT2D eigenvalue weighted by Crippen LogP contribution is 2.83. The zero-order chi connectivity index (χ0) is 26.6. The summed E-state index contributed by atoms with van der Waals surface area (Å²) in [6.07, 6.45) is 8.58. The van der Waals surface area contributed by atoms with Crippen molar-refractivity contribution in [3.63, 3.8) is 0 Å². The van der Waals surface area contributed by atoms with E-state index >= 15 is 0 Å². The van der Waals surface area contributed by atoms with Crippen LogP contribution in [-0.4, -0.2) is 35.9 Å². The second kappa shape index (κ2) is 6.96. The van der Waals surface area contributed by atoms with Gasteiger partial charge in [0.25, 0.3) is 0 Å². The molecule has 0 aromatic rings. The highest BCUT2D eigenvalue weighted by Gasteiger charge is 2.89. The molecule has 0 radical (unpaired) electrons. The number of carbonyl (C=O) groups excluding carboxylic acids is 2. The third-order valence-electron chi connectivity index (χ3n) is 14.8. The minimum Gasteiger partial charge on any atom is -0.462 e. The van der Waals surface area contributed by atoms with Crippen LogP contribution in [0, 0.1) is 56.7 Å². The molecule has 13 atom stereocenters.